The molecule has 0 unspecified atom stereocenters. The highest BCUT2D eigenvalue weighted by atomic mass is 16.6. The van der Waals surface area contributed by atoms with E-state index >= 15 is 0 Å². The van der Waals surface area contributed by atoms with Crippen LogP contribution in [0.4, 0.5) is 4.79 Å². The zero-order chi connectivity index (χ0) is 12.3. The number of carbonyl (C=O) groups is 2. The molecule has 0 aromatic heterocycles. The van der Waals surface area contributed by atoms with Crippen LogP contribution in [0.1, 0.15) is 31.4 Å². The minimum atomic E-state index is -0.530. The van der Waals surface area contributed by atoms with Crippen molar-refractivity contribution in [1.29, 1.82) is 0 Å². The quantitative estimate of drug-likeness (QED) is 0.805. The Balaban J connectivity index is 2.22. The molecular formula is C13H15NO3. The number of carbonyl (C=O) groups excluding carboxylic acids is 2. The van der Waals surface area contributed by atoms with E-state index < -0.39 is 6.09 Å². The molecule has 0 bridgehead atoms. The molecule has 0 aliphatic carbocycles. The second-order valence-corrected chi connectivity index (χ2v) is 4.02. The molecule has 1 aliphatic heterocycles. The molecule has 1 aromatic carbocycles. The van der Waals surface area contributed by atoms with Crippen LogP contribution in [0, 0.1) is 0 Å². The zero-order valence-corrected chi connectivity index (χ0v) is 9.76. The molecule has 90 valence electrons. The van der Waals surface area contributed by atoms with Crippen molar-refractivity contribution in [3.8, 4) is 0 Å². The van der Waals surface area contributed by atoms with E-state index in [1.54, 1.807) is 0 Å². The van der Waals surface area contributed by atoms with Gasteiger partial charge in [0.2, 0.25) is 5.91 Å². The molecule has 1 aromatic rings. The van der Waals surface area contributed by atoms with Crippen molar-refractivity contribution in [2.45, 2.75) is 25.8 Å². The number of nitrogens with zero attached hydrogens (tertiary/aromatic N) is 1. The number of ether oxygens (including phenoxy) is 1. The lowest BCUT2D eigenvalue weighted by Crippen LogP contribution is -2.33. The fourth-order valence-electron chi connectivity index (χ4n) is 1.95. The molecular weight excluding hydrogens is 218 g/mol. The molecule has 1 heterocycles. The maximum atomic E-state index is 11.9. The molecule has 4 nitrogen and oxygen atoms in total. The Labute approximate surface area is 100 Å². The van der Waals surface area contributed by atoms with Gasteiger partial charge in [0.1, 0.15) is 12.6 Å². The Bertz CT molecular complexity index is 416. The van der Waals surface area contributed by atoms with Crippen LogP contribution in [0.25, 0.3) is 0 Å². The lowest BCUT2D eigenvalue weighted by molar-refractivity contribution is -0.129. The predicted octanol–water partition coefficient (Wildman–Crippen LogP) is 2.51. The second-order valence-electron chi connectivity index (χ2n) is 4.02. The van der Waals surface area contributed by atoms with E-state index in [4.69, 9.17) is 4.74 Å². The maximum Gasteiger partial charge on any atom is 0.417 e. The Kier molecular flexibility index (Phi) is 3.42. The van der Waals surface area contributed by atoms with Gasteiger partial charge in [-0.3, -0.25) is 4.79 Å². The van der Waals surface area contributed by atoms with Crippen LogP contribution in [0.3, 0.4) is 0 Å². The van der Waals surface area contributed by atoms with Gasteiger partial charge in [0, 0.05) is 6.42 Å². The standard InChI is InChI=1S/C13H15NO3/c1-2-6-12(15)14-11(9-17-13(14)16)10-7-4-3-5-8-10/h3-5,7-8,11H,2,6,9H2,1H3/t11-/m0/s1. The Morgan fingerprint density at radius 2 is 2.12 bits per heavy atom. The molecule has 0 radical (unpaired) electrons. The Hall–Kier alpha value is -1.84. The summed E-state index contributed by atoms with van der Waals surface area (Å²) in [7, 11) is 0. The van der Waals surface area contributed by atoms with Crippen LogP contribution in [-0.2, 0) is 9.53 Å². The lowest BCUT2D eigenvalue weighted by atomic mass is 10.1. The molecule has 4 heteroatoms. The molecule has 1 aliphatic rings. The number of benzene rings is 1. The van der Waals surface area contributed by atoms with Gasteiger partial charge in [-0.1, -0.05) is 37.3 Å². The molecule has 17 heavy (non-hydrogen) atoms. The molecule has 2 amide bonds. The van der Waals surface area contributed by atoms with Gasteiger partial charge in [0.05, 0.1) is 0 Å². The summed E-state index contributed by atoms with van der Waals surface area (Å²) in [6.45, 7) is 2.16. The molecule has 1 fully saturated rings. The van der Waals surface area contributed by atoms with E-state index in [1.807, 2.05) is 37.3 Å². The third-order valence-electron chi connectivity index (χ3n) is 2.79. The summed E-state index contributed by atoms with van der Waals surface area (Å²) < 4.78 is 4.97. The van der Waals surface area contributed by atoms with E-state index in [0.29, 0.717) is 6.42 Å². The van der Waals surface area contributed by atoms with Crippen LogP contribution in [-0.4, -0.2) is 23.5 Å². The maximum absolute atomic E-state index is 11.9. The second kappa shape index (κ2) is 4.99. The molecule has 1 atom stereocenters. The topological polar surface area (TPSA) is 46.6 Å². The van der Waals surface area contributed by atoms with Gasteiger partial charge < -0.3 is 4.74 Å². The monoisotopic (exact) mass is 233 g/mol. The van der Waals surface area contributed by atoms with Gasteiger partial charge in [-0.25, -0.2) is 9.69 Å². The summed E-state index contributed by atoms with van der Waals surface area (Å²) in [6, 6.07) is 9.21. The zero-order valence-electron chi connectivity index (χ0n) is 9.76. The van der Waals surface area contributed by atoms with Crippen molar-refractivity contribution in [3.05, 3.63) is 35.9 Å². The lowest BCUT2D eigenvalue weighted by Gasteiger charge is -2.19. The fourth-order valence-corrected chi connectivity index (χ4v) is 1.95. The van der Waals surface area contributed by atoms with Crippen LogP contribution in [0.5, 0.6) is 0 Å². The normalized spacial score (nSPS) is 19.2. The van der Waals surface area contributed by atoms with Crippen molar-refractivity contribution in [3.63, 3.8) is 0 Å². The highest BCUT2D eigenvalue weighted by Gasteiger charge is 2.38. The minimum absolute atomic E-state index is 0.163. The van der Waals surface area contributed by atoms with Gasteiger partial charge in [0.15, 0.2) is 0 Å². The molecule has 0 saturated carbocycles. The third kappa shape index (κ3) is 2.30. The number of hydrogen-bond donors (Lipinski definition) is 0. The van der Waals surface area contributed by atoms with E-state index in [9.17, 15) is 9.59 Å². The number of cyclic esters (lactones) is 1. The first kappa shape index (κ1) is 11.6. The summed E-state index contributed by atoms with van der Waals surface area (Å²) in [6.07, 6.45) is 0.569. The first-order valence-electron chi connectivity index (χ1n) is 5.77. The van der Waals surface area contributed by atoms with Crippen LogP contribution in [0.2, 0.25) is 0 Å². The van der Waals surface area contributed by atoms with Crippen LogP contribution < -0.4 is 0 Å². The van der Waals surface area contributed by atoms with Crippen molar-refractivity contribution in [2.24, 2.45) is 0 Å². The van der Waals surface area contributed by atoms with Crippen molar-refractivity contribution in [2.75, 3.05) is 6.61 Å². The van der Waals surface area contributed by atoms with E-state index in [1.165, 1.54) is 4.90 Å². The summed E-state index contributed by atoms with van der Waals surface area (Å²) in [4.78, 5) is 24.7. The number of amides is 2. The van der Waals surface area contributed by atoms with Crippen molar-refractivity contribution in [1.82, 2.24) is 4.90 Å². The van der Waals surface area contributed by atoms with E-state index in [2.05, 4.69) is 0 Å². The summed E-state index contributed by atoms with van der Waals surface area (Å²) in [5.74, 6) is -0.163. The highest BCUT2D eigenvalue weighted by molar-refractivity contribution is 5.93. The molecule has 1 saturated heterocycles. The average molecular weight is 233 g/mol. The average Bonchev–Trinajstić information content (AvgIpc) is 2.73. The van der Waals surface area contributed by atoms with Crippen LogP contribution in [0.15, 0.2) is 30.3 Å². The van der Waals surface area contributed by atoms with Crippen LogP contribution >= 0.6 is 0 Å². The SMILES string of the molecule is CCCC(=O)N1C(=O)OC[C@H]1c1ccccc1. The Morgan fingerprint density at radius 1 is 1.41 bits per heavy atom. The molecule has 0 N–H and O–H groups in total. The first-order chi connectivity index (χ1) is 8.24. The van der Waals surface area contributed by atoms with Gasteiger partial charge in [-0.2, -0.15) is 0 Å². The molecule has 2 rings (SSSR count). The van der Waals surface area contributed by atoms with Gasteiger partial charge in [-0.05, 0) is 12.0 Å². The highest BCUT2D eigenvalue weighted by Crippen LogP contribution is 2.28. The Morgan fingerprint density at radius 3 is 2.76 bits per heavy atom. The van der Waals surface area contributed by atoms with E-state index in [-0.39, 0.29) is 18.6 Å². The predicted molar refractivity (Wildman–Crippen MR) is 62.3 cm³/mol. The van der Waals surface area contributed by atoms with Gasteiger partial charge >= 0.3 is 6.09 Å². The third-order valence-corrected chi connectivity index (χ3v) is 2.79. The van der Waals surface area contributed by atoms with Crippen molar-refractivity contribution >= 4 is 12.0 Å². The van der Waals surface area contributed by atoms with Crippen molar-refractivity contribution < 1.29 is 14.3 Å². The van der Waals surface area contributed by atoms with E-state index in [0.717, 1.165) is 12.0 Å². The summed E-state index contributed by atoms with van der Waals surface area (Å²) in [5.41, 5.74) is 0.933. The van der Waals surface area contributed by atoms with Gasteiger partial charge in [0.25, 0.3) is 0 Å². The number of hydrogen-bond acceptors (Lipinski definition) is 3. The minimum Gasteiger partial charge on any atom is -0.446 e. The number of imide groups is 1. The largest absolute Gasteiger partial charge is 0.446 e. The summed E-state index contributed by atoms with van der Waals surface area (Å²) in [5, 5.41) is 0. The first-order valence-corrected chi connectivity index (χ1v) is 5.77. The fraction of sp³-hybridized carbons (Fsp3) is 0.385. The smallest absolute Gasteiger partial charge is 0.417 e. The number of rotatable bonds is 3. The van der Waals surface area contributed by atoms with Gasteiger partial charge in [-0.15, -0.1) is 0 Å². The molecule has 0 spiro atoms. The summed E-state index contributed by atoms with van der Waals surface area (Å²) >= 11 is 0.